The van der Waals surface area contributed by atoms with E-state index in [1.807, 2.05) is 0 Å². The standard InChI is InChI=1S/C8H12N4O2S/c1-14-4-7(13)5-15-8-9-10-11-12(8)6-2-3-6/h6H,2-5H2,1H3. The predicted molar refractivity (Wildman–Crippen MR) is 53.7 cm³/mol. The number of tetrazole rings is 1. The van der Waals surface area contributed by atoms with E-state index in [0.717, 1.165) is 18.0 Å². The molecule has 1 aromatic rings. The van der Waals surface area contributed by atoms with Crippen molar-refractivity contribution in [2.45, 2.75) is 24.0 Å². The molecule has 0 saturated heterocycles. The van der Waals surface area contributed by atoms with Gasteiger partial charge in [-0.05, 0) is 23.3 Å². The first kappa shape index (κ1) is 10.6. The van der Waals surface area contributed by atoms with Crippen molar-refractivity contribution in [2.75, 3.05) is 19.5 Å². The summed E-state index contributed by atoms with van der Waals surface area (Å²) in [6.07, 6.45) is 2.26. The number of thioether (sulfide) groups is 1. The van der Waals surface area contributed by atoms with E-state index < -0.39 is 0 Å². The van der Waals surface area contributed by atoms with E-state index in [1.165, 1.54) is 18.9 Å². The number of ether oxygens (including phenoxy) is 1. The summed E-state index contributed by atoms with van der Waals surface area (Å²) in [5.74, 6) is 0.411. The molecule has 0 amide bonds. The van der Waals surface area contributed by atoms with Crippen LogP contribution in [0.1, 0.15) is 18.9 Å². The van der Waals surface area contributed by atoms with Gasteiger partial charge in [0.25, 0.3) is 0 Å². The normalized spacial score (nSPS) is 15.5. The lowest BCUT2D eigenvalue weighted by Crippen LogP contribution is -2.10. The van der Waals surface area contributed by atoms with Gasteiger partial charge in [-0.2, -0.15) is 0 Å². The van der Waals surface area contributed by atoms with Gasteiger partial charge in [0.05, 0.1) is 11.8 Å². The molecule has 1 aromatic heterocycles. The SMILES string of the molecule is COCC(=O)CSc1nnnn1C1CC1. The molecule has 0 radical (unpaired) electrons. The molecule has 0 N–H and O–H groups in total. The Morgan fingerprint density at radius 3 is 3.13 bits per heavy atom. The van der Waals surface area contributed by atoms with Crippen molar-refractivity contribution in [3.63, 3.8) is 0 Å². The second-order valence-corrected chi connectivity index (χ2v) is 4.34. The molecule has 0 spiro atoms. The van der Waals surface area contributed by atoms with E-state index in [0.29, 0.717) is 11.8 Å². The van der Waals surface area contributed by atoms with Gasteiger partial charge in [-0.3, -0.25) is 4.79 Å². The fraction of sp³-hybridized carbons (Fsp3) is 0.750. The molecular formula is C8H12N4O2S. The number of rotatable bonds is 6. The summed E-state index contributed by atoms with van der Waals surface area (Å²) in [6.45, 7) is 0.151. The summed E-state index contributed by atoms with van der Waals surface area (Å²) in [5, 5.41) is 12.1. The van der Waals surface area contributed by atoms with Gasteiger partial charge in [0.15, 0.2) is 5.78 Å². The summed E-state index contributed by atoms with van der Waals surface area (Å²) in [7, 11) is 1.51. The molecule has 0 aliphatic heterocycles. The first-order valence-electron chi connectivity index (χ1n) is 4.72. The van der Waals surface area contributed by atoms with Crippen molar-refractivity contribution in [3.05, 3.63) is 0 Å². The topological polar surface area (TPSA) is 69.9 Å². The molecule has 0 unspecified atom stereocenters. The molecule has 1 heterocycles. The van der Waals surface area contributed by atoms with Crippen molar-refractivity contribution < 1.29 is 9.53 Å². The second kappa shape index (κ2) is 4.71. The smallest absolute Gasteiger partial charge is 0.210 e. The third-order valence-corrected chi connectivity index (χ3v) is 3.02. The fourth-order valence-corrected chi connectivity index (χ4v) is 1.96. The number of hydrogen-bond donors (Lipinski definition) is 0. The number of nitrogens with zero attached hydrogens (tertiary/aromatic N) is 4. The van der Waals surface area contributed by atoms with Crippen LogP contribution in [0, 0.1) is 0 Å². The van der Waals surface area contributed by atoms with E-state index in [9.17, 15) is 4.79 Å². The van der Waals surface area contributed by atoms with Crippen molar-refractivity contribution in [3.8, 4) is 0 Å². The molecule has 15 heavy (non-hydrogen) atoms. The zero-order valence-corrected chi connectivity index (χ0v) is 9.24. The minimum atomic E-state index is 0.0489. The number of hydrogen-bond acceptors (Lipinski definition) is 6. The maximum absolute atomic E-state index is 11.2. The van der Waals surface area contributed by atoms with Crippen LogP contribution in [0.4, 0.5) is 0 Å². The van der Waals surface area contributed by atoms with E-state index >= 15 is 0 Å². The Morgan fingerprint density at radius 2 is 2.47 bits per heavy atom. The zero-order valence-electron chi connectivity index (χ0n) is 8.42. The van der Waals surface area contributed by atoms with Gasteiger partial charge in [0, 0.05) is 7.11 Å². The summed E-state index contributed by atoms with van der Waals surface area (Å²) < 4.78 is 6.54. The number of ketones is 1. The molecule has 82 valence electrons. The molecule has 1 aliphatic carbocycles. The Kier molecular flexibility index (Phi) is 3.32. The second-order valence-electron chi connectivity index (χ2n) is 3.40. The van der Waals surface area contributed by atoms with Gasteiger partial charge in [0.2, 0.25) is 5.16 Å². The lowest BCUT2D eigenvalue weighted by molar-refractivity contribution is -0.120. The van der Waals surface area contributed by atoms with Gasteiger partial charge < -0.3 is 4.74 Å². The van der Waals surface area contributed by atoms with Crippen molar-refractivity contribution in [1.29, 1.82) is 0 Å². The Morgan fingerprint density at radius 1 is 1.67 bits per heavy atom. The van der Waals surface area contributed by atoms with Gasteiger partial charge in [0.1, 0.15) is 6.61 Å². The number of aromatic nitrogens is 4. The summed E-state index contributed by atoms with van der Waals surface area (Å²) >= 11 is 1.37. The van der Waals surface area contributed by atoms with Crippen LogP contribution in [0.2, 0.25) is 0 Å². The Balaban J connectivity index is 1.87. The number of methoxy groups -OCH3 is 1. The zero-order chi connectivity index (χ0) is 10.7. The lowest BCUT2D eigenvalue weighted by Gasteiger charge is -2.01. The highest BCUT2D eigenvalue weighted by Crippen LogP contribution is 2.36. The van der Waals surface area contributed by atoms with Crippen LogP contribution in [0.3, 0.4) is 0 Å². The van der Waals surface area contributed by atoms with Gasteiger partial charge >= 0.3 is 0 Å². The summed E-state index contributed by atoms with van der Waals surface area (Å²) in [4.78, 5) is 11.2. The minimum Gasteiger partial charge on any atom is -0.377 e. The Bertz CT molecular complexity index is 350. The van der Waals surface area contributed by atoms with Crippen LogP contribution in [0.15, 0.2) is 5.16 Å². The van der Waals surface area contributed by atoms with E-state index in [1.54, 1.807) is 4.68 Å². The third-order valence-electron chi connectivity index (χ3n) is 2.02. The Labute approximate surface area is 91.4 Å². The molecule has 0 bridgehead atoms. The van der Waals surface area contributed by atoms with E-state index in [-0.39, 0.29) is 12.4 Å². The van der Waals surface area contributed by atoms with Crippen LogP contribution < -0.4 is 0 Å². The average Bonchev–Trinajstić information content (AvgIpc) is 2.96. The highest BCUT2D eigenvalue weighted by molar-refractivity contribution is 7.99. The number of carbonyl (C=O) groups excluding carboxylic acids is 1. The monoisotopic (exact) mass is 228 g/mol. The molecule has 1 saturated carbocycles. The molecular weight excluding hydrogens is 216 g/mol. The summed E-state index contributed by atoms with van der Waals surface area (Å²) in [5.41, 5.74) is 0. The van der Waals surface area contributed by atoms with Crippen LogP contribution >= 0.6 is 11.8 Å². The first-order chi connectivity index (χ1) is 7.31. The van der Waals surface area contributed by atoms with Gasteiger partial charge in [-0.15, -0.1) is 5.10 Å². The molecule has 1 aliphatic rings. The lowest BCUT2D eigenvalue weighted by atomic mass is 10.5. The van der Waals surface area contributed by atoms with Crippen LogP contribution in [0.25, 0.3) is 0 Å². The molecule has 0 atom stereocenters. The maximum atomic E-state index is 11.2. The number of Topliss-reactive ketones (excluding diaryl/α,β-unsaturated/α-hetero) is 1. The fourth-order valence-electron chi connectivity index (χ4n) is 1.18. The molecule has 6 nitrogen and oxygen atoms in total. The summed E-state index contributed by atoms with van der Waals surface area (Å²) in [6, 6.07) is 0.444. The van der Waals surface area contributed by atoms with E-state index in [2.05, 4.69) is 15.5 Å². The van der Waals surface area contributed by atoms with Crippen LogP contribution in [-0.4, -0.2) is 45.5 Å². The Hall–Kier alpha value is -0.950. The van der Waals surface area contributed by atoms with Crippen LogP contribution in [0.5, 0.6) is 0 Å². The highest BCUT2D eigenvalue weighted by atomic mass is 32.2. The predicted octanol–water partition coefficient (Wildman–Crippen LogP) is 0.316. The molecule has 0 aromatic carbocycles. The third kappa shape index (κ3) is 2.75. The van der Waals surface area contributed by atoms with Crippen molar-refractivity contribution in [1.82, 2.24) is 20.2 Å². The molecule has 7 heteroatoms. The van der Waals surface area contributed by atoms with Gasteiger partial charge in [-0.25, -0.2) is 4.68 Å². The highest BCUT2D eigenvalue weighted by Gasteiger charge is 2.27. The van der Waals surface area contributed by atoms with Crippen molar-refractivity contribution in [2.24, 2.45) is 0 Å². The largest absolute Gasteiger partial charge is 0.377 e. The minimum absolute atomic E-state index is 0.0489. The molecule has 1 fully saturated rings. The van der Waals surface area contributed by atoms with E-state index in [4.69, 9.17) is 4.74 Å². The average molecular weight is 228 g/mol. The first-order valence-corrected chi connectivity index (χ1v) is 5.71. The quantitative estimate of drug-likeness (QED) is 0.653. The molecule has 2 rings (SSSR count). The maximum Gasteiger partial charge on any atom is 0.210 e. The number of carbonyl (C=O) groups is 1. The van der Waals surface area contributed by atoms with Crippen LogP contribution in [-0.2, 0) is 9.53 Å². The van der Waals surface area contributed by atoms with Gasteiger partial charge in [-0.1, -0.05) is 11.8 Å². The van der Waals surface area contributed by atoms with Crippen molar-refractivity contribution >= 4 is 17.5 Å².